The molecule has 29 heavy (non-hydrogen) atoms. The van der Waals surface area contributed by atoms with Gasteiger partial charge in [-0.1, -0.05) is 31.4 Å². The molecule has 0 bridgehead atoms. The molecule has 6 heteroatoms. The fourth-order valence-electron chi connectivity index (χ4n) is 3.11. The van der Waals surface area contributed by atoms with Crippen LogP contribution in [-0.2, 0) is 4.79 Å². The van der Waals surface area contributed by atoms with Gasteiger partial charge in [-0.3, -0.25) is 9.69 Å². The van der Waals surface area contributed by atoms with Crippen LogP contribution in [0.4, 0.5) is 0 Å². The Morgan fingerprint density at radius 3 is 2.83 bits per heavy atom. The molecule has 1 aliphatic rings. The van der Waals surface area contributed by atoms with Crippen molar-refractivity contribution < 1.29 is 9.53 Å². The summed E-state index contributed by atoms with van der Waals surface area (Å²) in [6.45, 7) is 16.4. The van der Waals surface area contributed by atoms with Gasteiger partial charge in [0.2, 0.25) is 5.91 Å². The second-order valence-electron chi connectivity index (χ2n) is 7.36. The van der Waals surface area contributed by atoms with E-state index in [1.807, 2.05) is 26.0 Å². The summed E-state index contributed by atoms with van der Waals surface area (Å²) in [6.07, 6.45) is 4.75. The van der Waals surface area contributed by atoms with Gasteiger partial charge in [0.05, 0.1) is 0 Å². The largest absolute Gasteiger partial charge is 0.489 e. The lowest BCUT2D eigenvalue weighted by Crippen LogP contribution is -2.53. The van der Waals surface area contributed by atoms with Gasteiger partial charge in [-0.25, -0.2) is 4.99 Å². The number of nitrogens with zero attached hydrogens (tertiary/aromatic N) is 2. The number of nitrogens with two attached hydrogens (primary N) is 1. The van der Waals surface area contributed by atoms with Crippen molar-refractivity contribution in [1.29, 1.82) is 0 Å². The minimum absolute atomic E-state index is 0.127. The van der Waals surface area contributed by atoms with Crippen LogP contribution in [0.2, 0.25) is 0 Å². The summed E-state index contributed by atoms with van der Waals surface area (Å²) in [5.74, 6) is 1.58. The van der Waals surface area contributed by atoms with Crippen molar-refractivity contribution in [3.8, 4) is 5.75 Å². The smallest absolute Gasteiger partial charge is 0.243 e. The molecule has 0 aromatic heterocycles. The number of hydrogen-bond acceptors (Lipinski definition) is 4. The average Bonchev–Trinajstić information content (AvgIpc) is 2.68. The van der Waals surface area contributed by atoms with E-state index in [0.717, 1.165) is 24.4 Å². The lowest BCUT2D eigenvalue weighted by molar-refractivity contribution is -0.116. The Labute approximate surface area is 173 Å². The number of carbonyl (C=O) groups excluding carboxylic acids is 1. The second-order valence-corrected chi connectivity index (χ2v) is 7.36. The van der Waals surface area contributed by atoms with Crippen molar-refractivity contribution >= 4 is 11.7 Å². The van der Waals surface area contributed by atoms with Crippen molar-refractivity contribution in [1.82, 2.24) is 10.2 Å². The van der Waals surface area contributed by atoms with Gasteiger partial charge in [-0.2, -0.15) is 0 Å². The summed E-state index contributed by atoms with van der Waals surface area (Å²) in [6, 6.07) is 6.61. The van der Waals surface area contributed by atoms with Crippen molar-refractivity contribution in [2.24, 2.45) is 10.7 Å². The van der Waals surface area contributed by atoms with Crippen molar-refractivity contribution in [3.63, 3.8) is 0 Å². The number of likely N-dealkylation sites (tertiary alicyclic amines) is 1. The molecule has 156 valence electrons. The molecule has 6 nitrogen and oxygen atoms in total. The lowest BCUT2D eigenvalue weighted by atomic mass is 9.89. The molecular formula is C23H32N4O2. The molecule has 0 radical (unpaired) electrons. The van der Waals surface area contributed by atoms with Gasteiger partial charge in [0.1, 0.15) is 18.2 Å². The zero-order valence-corrected chi connectivity index (χ0v) is 17.6. The van der Waals surface area contributed by atoms with Crippen molar-refractivity contribution in [2.45, 2.75) is 32.7 Å². The van der Waals surface area contributed by atoms with E-state index in [2.05, 4.69) is 47.4 Å². The van der Waals surface area contributed by atoms with E-state index >= 15 is 0 Å². The second kappa shape index (κ2) is 10.6. The molecule has 0 saturated carbocycles. The quantitative estimate of drug-likeness (QED) is 0.362. The van der Waals surface area contributed by atoms with Crippen LogP contribution in [0, 0.1) is 6.92 Å². The molecule has 1 aromatic rings. The molecule has 1 unspecified atom stereocenters. The Morgan fingerprint density at radius 2 is 2.21 bits per heavy atom. The first kappa shape index (κ1) is 22.4. The summed E-state index contributed by atoms with van der Waals surface area (Å²) in [5.41, 5.74) is 8.91. The van der Waals surface area contributed by atoms with E-state index in [-0.39, 0.29) is 5.91 Å². The van der Waals surface area contributed by atoms with Gasteiger partial charge in [-0.15, -0.1) is 0 Å². The summed E-state index contributed by atoms with van der Waals surface area (Å²) in [4.78, 5) is 17.7. The maximum atomic E-state index is 11.3. The molecule has 2 rings (SSSR count). The van der Waals surface area contributed by atoms with Crippen molar-refractivity contribution in [3.05, 3.63) is 66.4 Å². The van der Waals surface area contributed by atoms with E-state index in [4.69, 9.17) is 10.5 Å². The maximum Gasteiger partial charge on any atom is 0.243 e. The third-order valence-corrected chi connectivity index (χ3v) is 5.09. The molecule has 0 aliphatic carbocycles. The van der Waals surface area contributed by atoms with E-state index < -0.39 is 0 Å². The molecule has 0 spiro atoms. The Bertz CT molecular complexity index is 807. The van der Waals surface area contributed by atoms with Crippen LogP contribution in [0.1, 0.15) is 30.9 Å². The highest BCUT2D eigenvalue weighted by molar-refractivity contribution is 5.97. The van der Waals surface area contributed by atoms with Gasteiger partial charge in [0.25, 0.3) is 0 Å². The Kier molecular flexibility index (Phi) is 8.21. The Hall–Kier alpha value is -2.86. The molecular weight excluding hydrogens is 364 g/mol. The third-order valence-electron chi connectivity index (χ3n) is 5.09. The van der Waals surface area contributed by atoms with Crippen LogP contribution in [-0.4, -0.2) is 48.9 Å². The van der Waals surface area contributed by atoms with Crippen LogP contribution < -0.4 is 15.8 Å². The fourth-order valence-corrected chi connectivity index (χ4v) is 3.11. The van der Waals surface area contributed by atoms with Crippen LogP contribution in [0.15, 0.2) is 60.3 Å². The zero-order chi connectivity index (χ0) is 21.4. The van der Waals surface area contributed by atoms with E-state index in [1.54, 1.807) is 6.20 Å². The van der Waals surface area contributed by atoms with Crippen molar-refractivity contribution in [2.75, 3.05) is 26.2 Å². The summed E-state index contributed by atoms with van der Waals surface area (Å²) in [7, 11) is 0. The number of ether oxygens (including phenoxy) is 1. The first-order valence-electron chi connectivity index (χ1n) is 9.86. The molecule has 1 atom stereocenters. The number of carbonyl (C=O) groups is 1. The summed E-state index contributed by atoms with van der Waals surface area (Å²) >= 11 is 0. The third kappa shape index (κ3) is 6.32. The fraction of sp³-hybridized carbons (Fsp3) is 0.391. The van der Waals surface area contributed by atoms with Gasteiger partial charge in [-0.05, 0) is 44.0 Å². The number of amidine groups is 1. The maximum absolute atomic E-state index is 11.3. The SMILES string of the molecule is C=CC(=O)NCC(C)N1CC(c2ccc(OCC(=C)C(N)=N/C=C\C)c(C)c2)C1. The molecule has 1 saturated heterocycles. The number of nitrogens with one attached hydrogen (secondary N) is 1. The Balaban J connectivity index is 1.85. The number of aliphatic imine (C=N–C) groups is 1. The number of rotatable bonds is 10. The summed E-state index contributed by atoms with van der Waals surface area (Å²) in [5, 5.41) is 2.85. The van der Waals surface area contributed by atoms with Crippen LogP contribution in [0.5, 0.6) is 5.75 Å². The molecule has 1 aliphatic heterocycles. The minimum atomic E-state index is -0.127. The first-order chi connectivity index (χ1) is 13.8. The topological polar surface area (TPSA) is 80.0 Å². The number of amides is 1. The highest BCUT2D eigenvalue weighted by atomic mass is 16.5. The molecule has 1 heterocycles. The van der Waals surface area contributed by atoms with Crippen LogP contribution in [0.3, 0.4) is 0 Å². The van der Waals surface area contributed by atoms with Gasteiger partial charge < -0.3 is 15.8 Å². The predicted octanol–water partition coefficient (Wildman–Crippen LogP) is 2.91. The highest BCUT2D eigenvalue weighted by Gasteiger charge is 2.31. The molecule has 1 aromatic carbocycles. The molecule has 3 N–H and O–H groups in total. The summed E-state index contributed by atoms with van der Waals surface area (Å²) < 4.78 is 5.87. The van der Waals surface area contributed by atoms with Crippen LogP contribution in [0.25, 0.3) is 0 Å². The van der Waals surface area contributed by atoms with E-state index in [0.29, 0.717) is 36.5 Å². The Morgan fingerprint density at radius 1 is 1.48 bits per heavy atom. The van der Waals surface area contributed by atoms with E-state index in [1.165, 1.54) is 11.6 Å². The number of benzene rings is 1. The van der Waals surface area contributed by atoms with Gasteiger partial charge in [0, 0.05) is 43.4 Å². The average molecular weight is 397 g/mol. The number of hydrogen-bond donors (Lipinski definition) is 2. The number of allylic oxidation sites excluding steroid dienone is 1. The number of aryl methyl sites for hydroxylation is 1. The lowest BCUT2D eigenvalue weighted by Gasteiger charge is -2.43. The van der Waals surface area contributed by atoms with Gasteiger partial charge >= 0.3 is 0 Å². The standard InChI is InChI=1S/C23H32N4O2/c1-6-10-25-23(24)17(4)15-29-21-9-8-19(11-16(21)3)20-13-27(14-20)18(5)12-26-22(28)7-2/h6-11,18,20H,2,4,12-15H2,1,3,5H3,(H2,24,25)(H,26,28)/b10-6-. The normalized spacial score (nSPS) is 16.3. The first-order valence-corrected chi connectivity index (χ1v) is 9.86. The zero-order valence-electron chi connectivity index (χ0n) is 17.6. The minimum Gasteiger partial charge on any atom is -0.489 e. The van der Waals surface area contributed by atoms with E-state index in [9.17, 15) is 4.79 Å². The van der Waals surface area contributed by atoms with Crippen LogP contribution >= 0.6 is 0 Å². The molecule has 1 fully saturated rings. The monoisotopic (exact) mass is 396 g/mol. The highest BCUT2D eigenvalue weighted by Crippen LogP contribution is 2.31. The molecule has 1 amide bonds. The predicted molar refractivity (Wildman–Crippen MR) is 119 cm³/mol. The van der Waals surface area contributed by atoms with Gasteiger partial charge in [0.15, 0.2) is 0 Å².